The molecule has 0 fully saturated rings. The Hall–Kier alpha value is -2.92. The SMILES string of the molecule is CC/C=C\C/C=C\C/C=C\C/C=C\C/C=C\CCCCOCC(COC(=O)CCCCCCCCC/C=C\C/C=C\CCCCC)OC(=O)CCCCCCCCCCC. The van der Waals surface area contributed by atoms with Crippen molar-refractivity contribution in [1.82, 2.24) is 0 Å². The normalized spacial score (nSPS) is 12.9. The van der Waals surface area contributed by atoms with Crippen LogP contribution in [0.25, 0.3) is 0 Å². The average molecular weight is 835 g/mol. The number of unbranched alkanes of at least 4 members (excludes halogenated alkanes) is 20. The van der Waals surface area contributed by atoms with Crippen LogP contribution in [0.15, 0.2) is 85.1 Å². The van der Waals surface area contributed by atoms with E-state index in [0.717, 1.165) is 89.9 Å². The van der Waals surface area contributed by atoms with Crippen LogP contribution in [0.1, 0.15) is 226 Å². The van der Waals surface area contributed by atoms with Crippen molar-refractivity contribution in [3.63, 3.8) is 0 Å². The van der Waals surface area contributed by atoms with Crippen molar-refractivity contribution in [1.29, 1.82) is 0 Å². The van der Waals surface area contributed by atoms with Crippen molar-refractivity contribution >= 4 is 11.9 Å². The maximum absolute atomic E-state index is 12.7. The predicted octanol–water partition coefficient (Wildman–Crippen LogP) is 16.9. The fourth-order valence-corrected chi connectivity index (χ4v) is 6.68. The van der Waals surface area contributed by atoms with E-state index in [2.05, 4.69) is 106 Å². The summed E-state index contributed by atoms with van der Waals surface area (Å²) in [4.78, 5) is 25.3. The van der Waals surface area contributed by atoms with E-state index in [1.54, 1.807) is 0 Å². The highest BCUT2D eigenvalue weighted by Crippen LogP contribution is 2.13. The molecule has 5 nitrogen and oxygen atoms in total. The number of allylic oxidation sites excluding steroid dienone is 14. The molecule has 0 spiro atoms. The Morgan fingerprint density at radius 1 is 0.383 bits per heavy atom. The van der Waals surface area contributed by atoms with Crippen molar-refractivity contribution in [3.05, 3.63) is 85.1 Å². The average Bonchev–Trinajstić information content (AvgIpc) is 3.25. The van der Waals surface area contributed by atoms with Crippen LogP contribution in [0.5, 0.6) is 0 Å². The summed E-state index contributed by atoms with van der Waals surface area (Å²) in [6.45, 7) is 7.57. The first-order chi connectivity index (χ1) is 29.6. The van der Waals surface area contributed by atoms with Gasteiger partial charge < -0.3 is 14.2 Å². The second-order valence-corrected chi connectivity index (χ2v) is 16.3. The zero-order chi connectivity index (χ0) is 43.5. The third-order valence-corrected chi connectivity index (χ3v) is 10.4. The molecule has 0 N–H and O–H groups in total. The van der Waals surface area contributed by atoms with Gasteiger partial charge in [-0.05, 0) is 96.3 Å². The van der Waals surface area contributed by atoms with Crippen LogP contribution < -0.4 is 0 Å². The van der Waals surface area contributed by atoms with Gasteiger partial charge in [-0.25, -0.2) is 0 Å². The molecule has 1 atom stereocenters. The van der Waals surface area contributed by atoms with E-state index in [4.69, 9.17) is 14.2 Å². The van der Waals surface area contributed by atoms with Crippen LogP contribution in [0.2, 0.25) is 0 Å². The molecule has 0 aromatic heterocycles. The van der Waals surface area contributed by atoms with E-state index in [1.807, 2.05) is 0 Å². The van der Waals surface area contributed by atoms with Crippen molar-refractivity contribution in [2.45, 2.75) is 232 Å². The minimum atomic E-state index is -0.562. The van der Waals surface area contributed by atoms with Gasteiger partial charge in [-0.1, -0.05) is 202 Å². The maximum atomic E-state index is 12.7. The maximum Gasteiger partial charge on any atom is 0.306 e. The molecule has 0 amide bonds. The molecule has 0 aromatic rings. The lowest BCUT2D eigenvalue weighted by Crippen LogP contribution is -2.30. The molecule has 60 heavy (non-hydrogen) atoms. The van der Waals surface area contributed by atoms with E-state index in [1.165, 1.54) is 103 Å². The largest absolute Gasteiger partial charge is 0.462 e. The summed E-state index contributed by atoms with van der Waals surface area (Å²) in [5.74, 6) is -0.433. The molecular formula is C55H94O5. The molecule has 0 rings (SSSR count). The van der Waals surface area contributed by atoms with Crippen LogP contribution in [-0.2, 0) is 23.8 Å². The topological polar surface area (TPSA) is 61.8 Å². The van der Waals surface area contributed by atoms with Crippen LogP contribution in [0.3, 0.4) is 0 Å². The van der Waals surface area contributed by atoms with E-state index in [9.17, 15) is 9.59 Å². The summed E-state index contributed by atoms with van der Waals surface area (Å²) >= 11 is 0. The molecule has 0 bridgehead atoms. The minimum absolute atomic E-state index is 0.0616. The summed E-state index contributed by atoms with van der Waals surface area (Å²) in [6.07, 6.45) is 65.9. The van der Waals surface area contributed by atoms with Gasteiger partial charge >= 0.3 is 11.9 Å². The molecule has 5 heteroatoms. The Morgan fingerprint density at radius 3 is 1.23 bits per heavy atom. The number of esters is 2. The van der Waals surface area contributed by atoms with Crippen molar-refractivity contribution in [2.75, 3.05) is 19.8 Å². The summed E-state index contributed by atoms with van der Waals surface area (Å²) in [5.41, 5.74) is 0. The highest BCUT2D eigenvalue weighted by molar-refractivity contribution is 5.70. The van der Waals surface area contributed by atoms with E-state index in [-0.39, 0.29) is 25.2 Å². The minimum Gasteiger partial charge on any atom is -0.462 e. The summed E-state index contributed by atoms with van der Waals surface area (Å²) < 4.78 is 17.3. The molecule has 0 aliphatic rings. The first kappa shape index (κ1) is 57.1. The van der Waals surface area contributed by atoms with Crippen LogP contribution in [0, 0.1) is 0 Å². The molecule has 0 saturated carbocycles. The van der Waals surface area contributed by atoms with E-state index < -0.39 is 6.10 Å². The monoisotopic (exact) mass is 835 g/mol. The van der Waals surface area contributed by atoms with Gasteiger partial charge in [0.1, 0.15) is 6.61 Å². The molecule has 0 aromatic carbocycles. The number of carbonyl (C=O) groups is 2. The Kier molecular flexibility index (Phi) is 48.0. The first-order valence-corrected chi connectivity index (χ1v) is 25.1. The number of carbonyl (C=O) groups excluding carboxylic acids is 2. The molecule has 0 aliphatic carbocycles. The number of hydrogen-bond donors (Lipinski definition) is 0. The predicted molar refractivity (Wildman–Crippen MR) is 260 cm³/mol. The quantitative estimate of drug-likeness (QED) is 0.0347. The Morgan fingerprint density at radius 2 is 0.750 bits per heavy atom. The zero-order valence-corrected chi connectivity index (χ0v) is 39.5. The smallest absolute Gasteiger partial charge is 0.306 e. The van der Waals surface area contributed by atoms with Crippen LogP contribution >= 0.6 is 0 Å². The van der Waals surface area contributed by atoms with Gasteiger partial charge in [0.15, 0.2) is 6.10 Å². The Labute approximate surface area is 371 Å². The molecule has 344 valence electrons. The highest BCUT2D eigenvalue weighted by atomic mass is 16.6. The number of hydrogen-bond acceptors (Lipinski definition) is 5. The second kappa shape index (κ2) is 50.4. The number of ether oxygens (including phenoxy) is 3. The van der Waals surface area contributed by atoms with Gasteiger partial charge in [-0.3, -0.25) is 9.59 Å². The van der Waals surface area contributed by atoms with Crippen molar-refractivity contribution in [3.8, 4) is 0 Å². The molecular weight excluding hydrogens is 741 g/mol. The third-order valence-electron chi connectivity index (χ3n) is 10.4. The fraction of sp³-hybridized carbons (Fsp3) is 0.709. The molecule has 0 saturated heterocycles. The highest BCUT2D eigenvalue weighted by Gasteiger charge is 2.17. The van der Waals surface area contributed by atoms with E-state index >= 15 is 0 Å². The molecule has 0 heterocycles. The molecule has 0 radical (unpaired) electrons. The van der Waals surface area contributed by atoms with Gasteiger partial charge in [-0.15, -0.1) is 0 Å². The Bertz CT molecular complexity index is 1130. The van der Waals surface area contributed by atoms with Crippen molar-refractivity contribution in [2.24, 2.45) is 0 Å². The van der Waals surface area contributed by atoms with Crippen LogP contribution in [-0.4, -0.2) is 37.9 Å². The summed E-state index contributed by atoms with van der Waals surface area (Å²) in [6, 6.07) is 0. The summed E-state index contributed by atoms with van der Waals surface area (Å²) in [5, 5.41) is 0. The zero-order valence-electron chi connectivity index (χ0n) is 39.5. The van der Waals surface area contributed by atoms with Gasteiger partial charge in [0.05, 0.1) is 6.61 Å². The fourth-order valence-electron chi connectivity index (χ4n) is 6.68. The third kappa shape index (κ3) is 47.8. The van der Waals surface area contributed by atoms with Crippen LogP contribution in [0.4, 0.5) is 0 Å². The number of rotatable bonds is 45. The van der Waals surface area contributed by atoms with Gasteiger partial charge in [0, 0.05) is 19.4 Å². The standard InChI is InChI=1S/C55H94O5/c1-4-7-10-13-16-19-21-23-25-27-29-31-33-35-38-41-44-47-50-58-51-53(60-55(57)49-46-43-40-36-18-15-12-9-6-3)52-59-54(56)48-45-42-39-37-34-32-30-28-26-24-22-20-17-14-11-8-5-2/h7,10,16-17,19-20,23-26,29,31,35,38,53H,4-6,8-9,11-15,18,21-22,27-28,30,32-34,36-37,39-52H2,1-3H3/b10-7-,19-16-,20-17-,25-23-,26-24-,31-29-,38-35-. The lowest BCUT2D eigenvalue weighted by Gasteiger charge is -2.18. The van der Waals surface area contributed by atoms with Gasteiger partial charge in [0.2, 0.25) is 0 Å². The second-order valence-electron chi connectivity index (χ2n) is 16.3. The Balaban J connectivity index is 4.29. The van der Waals surface area contributed by atoms with E-state index in [0.29, 0.717) is 19.4 Å². The van der Waals surface area contributed by atoms with Gasteiger partial charge in [0.25, 0.3) is 0 Å². The lowest BCUT2D eigenvalue weighted by atomic mass is 10.1. The lowest BCUT2D eigenvalue weighted by molar-refractivity contribution is -0.163. The first-order valence-electron chi connectivity index (χ1n) is 25.1. The molecule has 0 aliphatic heterocycles. The van der Waals surface area contributed by atoms with Crippen molar-refractivity contribution < 1.29 is 23.8 Å². The molecule has 1 unspecified atom stereocenters. The van der Waals surface area contributed by atoms with Gasteiger partial charge in [-0.2, -0.15) is 0 Å². The summed E-state index contributed by atoms with van der Waals surface area (Å²) in [7, 11) is 0.